The number of amides is 2. The highest BCUT2D eigenvalue weighted by Gasteiger charge is 2.54. The van der Waals surface area contributed by atoms with Crippen molar-refractivity contribution in [3.63, 3.8) is 0 Å². The van der Waals surface area contributed by atoms with Crippen molar-refractivity contribution in [1.29, 1.82) is 0 Å². The van der Waals surface area contributed by atoms with Crippen molar-refractivity contribution in [2.45, 2.75) is 32.5 Å². The summed E-state index contributed by atoms with van der Waals surface area (Å²) < 4.78 is 33.5. The SMILES string of the molecule is Cc1ccsc1C(=O)N1CCC[C@]2(C(=O)N(C)C)CN(Cc3cnn(C)c3)C[C@@H]2C1.O=C(O)C(F)(F)F. The summed E-state index contributed by atoms with van der Waals surface area (Å²) in [4.78, 5) is 42.4. The van der Waals surface area contributed by atoms with Gasteiger partial charge in [0.2, 0.25) is 5.91 Å². The highest BCUT2D eigenvalue weighted by atomic mass is 32.1. The van der Waals surface area contributed by atoms with Crippen molar-refractivity contribution in [3.8, 4) is 0 Å². The molecule has 0 aliphatic carbocycles. The molecule has 2 atom stereocenters. The molecule has 0 radical (unpaired) electrons. The number of carboxylic acid groups (broad SMARTS) is 1. The number of thiophene rings is 1. The normalized spacial score (nSPS) is 22.0. The average molecular weight is 544 g/mol. The summed E-state index contributed by atoms with van der Waals surface area (Å²) in [5.41, 5.74) is 1.77. The quantitative estimate of drug-likeness (QED) is 0.637. The monoisotopic (exact) mass is 543 g/mol. The van der Waals surface area contributed by atoms with Crippen LogP contribution in [0.5, 0.6) is 0 Å². The van der Waals surface area contributed by atoms with Gasteiger partial charge in [-0.3, -0.25) is 19.2 Å². The second kappa shape index (κ2) is 11.2. The Labute approximate surface area is 217 Å². The summed E-state index contributed by atoms with van der Waals surface area (Å²) in [6.45, 7) is 5.69. The van der Waals surface area contributed by atoms with E-state index < -0.39 is 17.6 Å². The Balaban J connectivity index is 0.000000479. The molecule has 2 fully saturated rings. The summed E-state index contributed by atoms with van der Waals surface area (Å²) in [6.07, 6.45) is 0.520. The molecule has 2 amide bonds. The molecule has 2 aromatic heterocycles. The third-order valence-electron chi connectivity index (χ3n) is 6.84. The van der Waals surface area contributed by atoms with E-state index in [0.29, 0.717) is 6.54 Å². The van der Waals surface area contributed by atoms with Gasteiger partial charge in [-0.25, -0.2) is 4.79 Å². The molecule has 13 heteroatoms. The van der Waals surface area contributed by atoms with E-state index in [2.05, 4.69) is 10.00 Å². The van der Waals surface area contributed by atoms with Crippen LogP contribution >= 0.6 is 11.3 Å². The predicted molar refractivity (Wildman–Crippen MR) is 131 cm³/mol. The first-order valence-corrected chi connectivity index (χ1v) is 12.7. The van der Waals surface area contributed by atoms with Crippen molar-refractivity contribution < 1.29 is 32.7 Å². The van der Waals surface area contributed by atoms with Crippen LogP contribution in [-0.4, -0.2) is 93.8 Å². The van der Waals surface area contributed by atoms with Gasteiger partial charge in [-0.05, 0) is 36.8 Å². The number of nitrogens with zero attached hydrogens (tertiary/aromatic N) is 5. The third-order valence-corrected chi connectivity index (χ3v) is 7.84. The lowest BCUT2D eigenvalue weighted by atomic mass is 9.74. The van der Waals surface area contributed by atoms with Gasteiger partial charge in [0.15, 0.2) is 0 Å². The minimum absolute atomic E-state index is 0.112. The molecular formula is C24H32F3N5O4S. The summed E-state index contributed by atoms with van der Waals surface area (Å²) >= 11 is 1.51. The maximum atomic E-state index is 13.4. The van der Waals surface area contributed by atoms with Crippen LogP contribution in [0.3, 0.4) is 0 Å². The Morgan fingerprint density at radius 2 is 1.95 bits per heavy atom. The van der Waals surface area contributed by atoms with Gasteiger partial charge in [0.25, 0.3) is 5.91 Å². The van der Waals surface area contributed by atoms with Gasteiger partial charge in [0.05, 0.1) is 16.5 Å². The van der Waals surface area contributed by atoms with Gasteiger partial charge < -0.3 is 14.9 Å². The van der Waals surface area contributed by atoms with Crippen LogP contribution in [0, 0.1) is 18.3 Å². The molecule has 0 saturated carbocycles. The van der Waals surface area contributed by atoms with Gasteiger partial charge in [0.1, 0.15) is 0 Å². The van der Waals surface area contributed by atoms with E-state index >= 15 is 0 Å². The molecule has 2 aromatic rings. The van der Waals surface area contributed by atoms with Crippen LogP contribution in [0.25, 0.3) is 0 Å². The molecule has 0 unspecified atom stereocenters. The highest BCUT2D eigenvalue weighted by Crippen LogP contribution is 2.44. The molecule has 0 aromatic carbocycles. The molecule has 1 N–H and O–H groups in total. The van der Waals surface area contributed by atoms with Crippen molar-refractivity contribution in [2.24, 2.45) is 18.4 Å². The lowest BCUT2D eigenvalue weighted by Gasteiger charge is -2.35. The molecule has 37 heavy (non-hydrogen) atoms. The largest absolute Gasteiger partial charge is 0.490 e. The lowest BCUT2D eigenvalue weighted by Crippen LogP contribution is -2.47. The Morgan fingerprint density at radius 3 is 2.46 bits per heavy atom. The number of fused-ring (bicyclic) bond motifs is 1. The van der Waals surface area contributed by atoms with Crippen molar-refractivity contribution in [3.05, 3.63) is 39.8 Å². The molecule has 2 aliphatic heterocycles. The van der Waals surface area contributed by atoms with Crippen LogP contribution in [0.4, 0.5) is 13.2 Å². The van der Waals surface area contributed by atoms with E-state index in [0.717, 1.165) is 55.0 Å². The molecule has 204 valence electrons. The summed E-state index contributed by atoms with van der Waals surface area (Å²) in [5, 5.41) is 13.4. The van der Waals surface area contributed by atoms with Gasteiger partial charge in [0, 0.05) is 71.5 Å². The predicted octanol–water partition coefficient (Wildman–Crippen LogP) is 2.87. The Hall–Kier alpha value is -2.93. The van der Waals surface area contributed by atoms with Gasteiger partial charge >= 0.3 is 12.1 Å². The number of carbonyl (C=O) groups is 3. The van der Waals surface area contributed by atoms with Crippen LogP contribution in [0.2, 0.25) is 0 Å². The fourth-order valence-electron chi connectivity index (χ4n) is 5.18. The summed E-state index contributed by atoms with van der Waals surface area (Å²) in [5.74, 6) is -2.31. The highest BCUT2D eigenvalue weighted by molar-refractivity contribution is 7.12. The number of halogens is 3. The Morgan fingerprint density at radius 1 is 1.27 bits per heavy atom. The maximum Gasteiger partial charge on any atom is 0.490 e. The number of carbonyl (C=O) groups excluding carboxylic acids is 2. The minimum atomic E-state index is -5.08. The molecule has 2 aliphatic rings. The fraction of sp³-hybridized carbons (Fsp3) is 0.583. The number of likely N-dealkylation sites (tertiary alicyclic amines) is 2. The topological polar surface area (TPSA) is 99.0 Å². The van der Waals surface area contributed by atoms with Crippen molar-refractivity contribution >= 4 is 29.1 Å². The van der Waals surface area contributed by atoms with E-state index in [1.165, 1.54) is 11.3 Å². The van der Waals surface area contributed by atoms with E-state index in [9.17, 15) is 22.8 Å². The summed E-state index contributed by atoms with van der Waals surface area (Å²) in [6, 6.07) is 2.00. The molecule has 0 bridgehead atoms. The number of carboxylic acids is 1. The first-order valence-electron chi connectivity index (χ1n) is 11.8. The van der Waals surface area contributed by atoms with E-state index in [1.54, 1.807) is 4.90 Å². The third kappa shape index (κ3) is 6.50. The van der Waals surface area contributed by atoms with Crippen LogP contribution in [0.1, 0.15) is 33.6 Å². The zero-order valence-electron chi connectivity index (χ0n) is 21.3. The van der Waals surface area contributed by atoms with Gasteiger partial charge in [-0.15, -0.1) is 11.3 Å². The molecular weight excluding hydrogens is 511 g/mol. The maximum absolute atomic E-state index is 13.4. The van der Waals surface area contributed by atoms with Gasteiger partial charge in [-0.2, -0.15) is 18.3 Å². The number of aliphatic carboxylic acids is 1. The zero-order valence-corrected chi connectivity index (χ0v) is 22.1. The zero-order chi connectivity index (χ0) is 27.5. The molecule has 4 rings (SSSR count). The van der Waals surface area contributed by atoms with Gasteiger partial charge in [-0.1, -0.05) is 0 Å². The van der Waals surface area contributed by atoms with Crippen LogP contribution < -0.4 is 0 Å². The summed E-state index contributed by atoms with van der Waals surface area (Å²) in [7, 11) is 5.62. The average Bonchev–Trinajstić information content (AvgIpc) is 3.48. The second-order valence-corrected chi connectivity index (χ2v) is 10.8. The second-order valence-electron chi connectivity index (χ2n) is 9.83. The van der Waals surface area contributed by atoms with Crippen molar-refractivity contribution in [2.75, 3.05) is 40.3 Å². The number of hydrogen-bond acceptors (Lipinski definition) is 6. The van der Waals surface area contributed by atoms with E-state index in [4.69, 9.17) is 9.90 Å². The number of hydrogen-bond donors (Lipinski definition) is 1. The number of aromatic nitrogens is 2. The van der Waals surface area contributed by atoms with E-state index in [-0.39, 0.29) is 17.7 Å². The number of aryl methyl sites for hydroxylation is 2. The van der Waals surface area contributed by atoms with Crippen LogP contribution in [0.15, 0.2) is 23.8 Å². The number of alkyl halides is 3. The Bertz CT molecular complexity index is 1130. The standard InChI is InChI=1S/C22H31N5O2S.C2HF3O2/c1-16-6-9-30-19(16)20(28)27-8-5-7-22(21(29)24(2)3)15-26(13-18(22)14-27)12-17-10-23-25(4)11-17;3-2(4,5)1(6)7/h6,9-11,18H,5,7-8,12-15H2,1-4H3;(H,6,7)/t18-,22+;/m1./s1. The lowest BCUT2D eigenvalue weighted by molar-refractivity contribution is -0.192. The molecule has 9 nitrogen and oxygen atoms in total. The number of rotatable bonds is 4. The van der Waals surface area contributed by atoms with E-state index in [1.807, 2.05) is 61.5 Å². The first kappa shape index (κ1) is 28.6. The Kier molecular flexibility index (Phi) is 8.68. The smallest absolute Gasteiger partial charge is 0.475 e. The van der Waals surface area contributed by atoms with Crippen LogP contribution in [-0.2, 0) is 23.2 Å². The minimum Gasteiger partial charge on any atom is -0.475 e. The molecule has 4 heterocycles. The van der Waals surface area contributed by atoms with Crippen molar-refractivity contribution in [1.82, 2.24) is 24.5 Å². The fourth-order valence-corrected chi connectivity index (χ4v) is 6.08. The molecule has 0 spiro atoms. The first-order chi connectivity index (χ1) is 17.2. The molecule has 2 saturated heterocycles.